The predicted octanol–water partition coefficient (Wildman–Crippen LogP) is 2.88. The molecule has 4 aromatic rings. The van der Waals surface area contributed by atoms with Crippen LogP contribution in [0.1, 0.15) is 0 Å². The van der Waals surface area contributed by atoms with E-state index in [4.69, 9.17) is 0 Å². The number of aromatic nitrogens is 5. The van der Waals surface area contributed by atoms with Crippen molar-refractivity contribution in [1.29, 1.82) is 0 Å². The molecular formula is C16H11N5. The highest BCUT2D eigenvalue weighted by molar-refractivity contribution is 5.76. The fourth-order valence-corrected chi connectivity index (χ4v) is 2.35. The molecule has 0 spiro atoms. The van der Waals surface area contributed by atoms with E-state index >= 15 is 0 Å². The number of benzene rings is 2. The van der Waals surface area contributed by atoms with E-state index in [1.165, 1.54) is 6.33 Å². The summed E-state index contributed by atoms with van der Waals surface area (Å²) in [6, 6.07) is 20.0. The molecule has 0 aliphatic heterocycles. The SMILES string of the molecule is c1ccc(-c2nc3nncnc3n2-c2ccccc2)cc1. The molecule has 0 aliphatic carbocycles. The van der Waals surface area contributed by atoms with Gasteiger partial charge in [0.2, 0.25) is 5.65 Å². The van der Waals surface area contributed by atoms with Crippen LogP contribution >= 0.6 is 0 Å². The van der Waals surface area contributed by atoms with E-state index in [1.54, 1.807) is 0 Å². The molecule has 2 heterocycles. The largest absolute Gasteiger partial charge is 0.275 e. The summed E-state index contributed by atoms with van der Waals surface area (Å²) in [6.45, 7) is 0. The lowest BCUT2D eigenvalue weighted by molar-refractivity contribution is 0.996. The van der Waals surface area contributed by atoms with E-state index in [0.29, 0.717) is 11.3 Å². The van der Waals surface area contributed by atoms with Crippen LogP contribution < -0.4 is 0 Å². The molecule has 0 saturated heterocycles. The van der Waals surface area contributed by atoms with Gasteiger partial charge < -0.3 is 0 Å². The van der Waals surface area contributed by atoms with Crippen molar-refractivity contribution in [1.82, 2.24) is 24.7 Å². The van der Waals surface area contributed by atoms with Gasteiger partial charge in [-0.15, -0.1) is 10.2 Å². The Hall–Kier alpha value is -3.08. The molecule has 0 N–H and O–H groups in total. The van der Waals surface area contributed by atoms with E-state index in [9.17, 15) is 0 Å². The van der Waals surface area contributed by atoms with Crippen LogP contribution in [0.2, 0.25) is 0 Å². The second kappa shape index (κ2) is 4.79. The van der Waals surface area contributed by atoms with E-state index in [-0.39, 0.29) is 0 Å². The Morgan fingerprint density at radius 3 is 2.29 bits per heavy atom. The molecule has 5 heteroatoms. The molecule has 4 rings (SSSR count). The average Bonchev–Trinajstić information content (AvgIpc) is 2.96. The van der Waals surface area contributed by atoms with Gasteiger partial charge in [-0.2, -0.15) is 0 Å². The topological polar surface area (TPSA) is 56.5 Å². The van der Waals surface area contributed by atoms with Crippen LogP contribution in [0, 0.1) is 0 Å². The van der Waals surface area contributed by atoms with Crippen molar-refractivity contribution < 1.29 is 0 Å². The molecule has 0 radical (unpaired) electrons. The first-order chi connectivity index (χ1) is 10.4. The van der Waals surface area contributed by atoms with Gasteiger partial charge in [0.25, 0.3) is 0 Å². The van der Waals surface area contributed by atoms with Crippen LogP contribution in [0.5, 0.6) is 0 Å². The number of imidazole rings is 1. The fourth-order valence-electron chi connectivity index (χ4n) is 2.35. The molecule has 2 aromatic heterocycles. The Kier molecular flexibility index (Phi) is 2.67. The van der Waals surface area contributed by atoms with Gasteiger partial charge >= 0.3 is 0 Å². The Morgan fingerprint density at radius 1 is 0.810 bits per heavy atom. The minimum Gasteiger partial charge on any atom is -0.275 e. The van der Waals surface area contributed by atoms with Gasteiger partial charge in [0, 0.05) is 11.3 Å². The standard InChI is InChI=1S/C16H11N5/c1-3-7-12(8-4-1)15-19-14-16(17-11-18-20-14)21(15)13-9-5-2-6-10-13/h1-11H. The van der Waals surface area contributed by atoms with Gasteiger partial charge in [-0.3, -0.25) is 4.57 Å². The van der Waals surface area contributed by atoms with Crippen molar-refractivity contribution in [3.8, 4) is 17.1 Å². The lowest BCUT2D eigenvalue weighted by Crippen LogP contribution is -1.98. The molecule has 0 atom stereocenters. The third-order valence-corrected chi connectivity index (χ3v) is 3.27. The summed E-state index contributed by atoms with van der Waals surface area (Å²) in [4.78, 5) is 8.92. The van der Waals surface area contributed by atoms with Crippen LogP contribution in [0.25, 0.3) is 28.4 Å². The van der Waals surface area contributed by atoms with Gasteiger partial charge in [0.1, 0.15) is 12.2 Å². The van der Waals surface area contributed by atoms with E-state index < -0.39 is 0 Å². The molecule has 0 bridgehead atoms. The summed E-state index contributed by atoms with van der Waals surface area (Å²) in [5.74, 6) is 0.810. The van der Waals surface area contributed by atoms with E-state index in [1.807, 2.05) is 65.2 Å². The maximum Gasteiger partial charge on any atom is 0.220 e. The Labute approximate surface area is 120 Å². The number of fused-ring (bicyclic) bond motifs is 1. The van der Waals surface area contributed by atoms with Crippen molar-refractivity contribution in [3.05, 3.63) is 67.0 Å². The molecule has 100 valence electrons. The maximum absolute atomic E-state index is 4.59. The fraction of sp³-hybridized carbons (Fsp3) is 0. The van der Waals surface area contributed by atoms with Crippen molar-refractivity contribution in [2.24, 2.45) is 0 Å². The van der Waals surface area contributed by atoms with Crippen LogP contribution in [0.3, 0.4) is 0 Å². The van der Waals surface area contributed by atoms with Crippen LogP contribution in [0.15, 0.2) is 67.0 Å². The van der Waals surface area contributed by atoms with Crippen LogP contribution in [-0.4, -0.2) is 24.7 Å². The van der Waals surface area contributed by atoms with E-state index in [0.717, 1.165) is 17.1 Å². The second-order valence-corrected chi connectivity index (χ2v) is 4.58. The quantitative estimate of drug-likeness (QED) is 0.563. The van der Waals surface area contributed by atoms with Gasteiger partial charge in [-0.25, -0.2) is 9.97 Å². The third-order valence-electron chi connectivity index (χ3n) is 3.27. The van der Waals surface area contributed by atoms with Crippen molar-refractivity contribution in [3.63, 3.8) is 0 Å². The molecular weight excluding hydrogens is 262 g/mol. The summed E-state index contributed by atoms with van der Waals surface area (Å²) in [6.07, 6.45) is 1.44. The highest BCUT2D eigenvalue weighted by Gasteiger charge is 2.15. The molecule has 5 nitrogen and oxygen atoms in total. The number of hydrogen-bond acceptors (Lipinski definition) is 4. The van der Waals surface area contributed by atoms with Gasteiger partial charge in [0.05, 0.1) is 0 Å². The van der Waals surface area contributed by atoms with Crippen molar-refractivity contribution in [2.45, 2.75) is 0 Å². The minimum absolute atomic E-state index is 0.542. The lowest BCUT2D eigenvalue weighted by Gasteiger charge is -2.08. The Bertz CT molecular complexity index is 884. The zero-order valence-electron chi connectivity index (χ0n) is 11.1. The zero-order valence-corrected chi connectivity index (χ0v) is 11.1. The highest BCUT2D eigenvalue weighted by atomic mass is 15.2. The average molecular weight is 273 g/mol. The number of para-hydroxylation sites is 1. The number of rotatable bonds is 2. The molecule has 0 saturated carbocycles. The normalized spacial score (nSPS) is 10.9. The predicted molar refractivity (Wildman–Crippen MR) is 79.9 cm³/mol. The summed E-state index contributed by atoms with van der Waals surface area (Å²) in [5.41, 5.74) is 3.26. The zero-order chi connectivity index (χ0) is 14.1. The Morgan fingerprint density at radius 2 is 1.52 bits per heavy atom. The molecule has 21 heavy (non-hydrogen) atoms. The number of nitrogens with zero attached hydrogens (tertiary/aromatic N) is 5. The lowest BCUT2D eigenvalue weighted by atomic mass is 10.2. The molecule has 0 aliphatic rings. The molecule has 2 aromatic carbocycles. The summed E-state index contributed by atoms with van der Waals surface area (Å²) >= 11 is 0. The number of hydrogen-bond donors (Lipinski definition) is 0. The molecule has 0 amide bonds. The third kappa shape index (κ3) is 1.95. The van der Waals surface area contributed by atoms with Gasteiger partial charge in [0.15, 0.2) is 5.65 Å². The van der Waals surface area contributed by atoms with Gasteiger partial charge in [-0.05, 0) is 12.1 Å². The maximum atomic E-state index is 4.59. The first-order valence-corrected chi connectivity index (χ1v) is 6.60. The summed E-state index contributed by atoms with van der Waals surface area (Å²) in [7, 11) is 0. The first kappa shape index (κ1) is 11.7. The minimum atomic E-state index is 0.542. The molecule has 0 fully saturated rings. The van der Waals surface area contributed by atoms with Crippen molar-refractivity contribution in [2.75, 3.05) is 0 Å². The van der Waals surface area contributed by atoms with E-state index in [2.05, 4.69) is 20.2 Å². The monoisotopic (exact) mass is 273 g/mol. The highest BCUT2D eigenvalue weighted by Crippen LogP contribution is 2.25. The van der Waals surface area contributed by atoms with Crippen LogP contribution in [0.4, 0.5) is 0 Å². The molecule has 0 unspecified atom stereocenters. The Balaban J connectivity index is 2.07. The van der Waals surface area contributed by atoms with Crippen molar-refractivity contribution >= 4 is 11.3 Å². The summed E-state index contributed by atoms with van der Waals surface area (Å²) in [5, 5.41) is 7.89. The van der Waals surface area contributed by atoms with Crippen LogP contribution in [-0.2, 0) is 0 Å². The smallest absolute Gasteiger partial charge is 0.220 e. The first-order valence-electron chi connectivity index (χ1n) is 6.60. The summed E-state index contributed by atoms with van der Waals surface area (Å²) < 4.78 is 2.00. The second-order valence-electron chi connectivity index (χ2n) is 4.58. The van der Waals surface area contributed by atoms with Gasteiger partial charge in [-0.1, -0.05) is 48.5 Å².